The maximum absolute atomic E-state index is 10.5. The first-order valence-electron chi connectivity index (χ1n) is 5.23. The van der Waals surface area contributed by atoms with E-state index in [1.54, 1.807) is 6.07 Å². The Balaban J connectivity index is 2.58. The van der Waals surface area contributed by atoms with Crippen molar-refractivity contribution in [2.24, 2.45) is 0 Å². The summed E-state index contributed by atoms with van der Waals surface area (Å²) in [6, 6.07) is 3.31. The Bertz CT molecular complexity index is 335. The number of aliphatic hydroxyl groups is 1. The Labute approximate surface area is 98.5 Å². The van der Waals surface area contributed by atoms with Crippen molar-refractivity contribution in [3.05, 3.63) is 27.1 Å². The van der Waals surface area contributed by atoms with Gasteiger partial charge >= 0.3 is 5.00 Å². The van der Waals surface area contributed by atoms with Crippen LogP contribution >= 0.6 is 11.3 Å². The first kappa shape index (κ1) is 13.1. The molecule has 1 aromatic heterocycles. The number of nitrogens with zero attached hydrogens (tertiary/aromatic N) is 2. The predicted octanol–water partition coefficient (Wildman–Crippen LogP) is 1.86. The van der Waals surface area contributed by atoms with Gasteiger partial charge in [-0.2, -0.15) is 0 Å². The molecule has 1 heterocycles. The molecule has 0 radical (unpaired) electrons. The largest absolute Gasteiger partial charge is 0.395 e. The highest BCUT2D eigenvalue weighted by molar-refractivity contribution is 7.15. The van der Waals surface area contributed by atoms with Crippen LogP contribution in [-0.4, -0.2) is 34.6 Å². The van der Waals surface area contributed by atoms with Crippen molar-refractivity contribution in [3.63, 3.8) is 0 Å². The van der Waals surface area contributed by atoms with E-state index in [-0.39, 0.29) is 16.5 Å². The van der Waals surface area contributed by atoms with Crippen molar-refractivity contribution in [3.8, 4) is 0 Å². The van der Waals surface area contributed by atoms with Crippen LogP contribution in [0.5, 0.6) is 0 Å². The third-order valence-corrected chi connectivity index (χ3v) is 3.18. The minimum absolute atomic E-state index is 0.119. The molecule has 0 unspecified atom stereocenters. The number of aliphatic hydroxyl groups excluding tert-OH is 1. The van der Waals surface area contributed by atoms with E-state index in [4.69, 9.17) is 5.11 Å². The van der Waals surface area contributed by atoms with Crippen molar-refractivity contribution in [1.29, 1.82) is 0 Å². The van der Waals surface area contributed by atoms with Gasteiger partial charge in [0.25, 0.3) is 0 Å². The molecule has 5 nitrogen and oxygen atoms in total. The zero-order valence-electron chi connectivity index (χ0n) is 9.26. The van der Waals surface area contributed by atoms with Gasteiger partial charge in [-0.1, -0.05) is 18.3 Å². The summed E-state index contributed by atoms with van der Waals surface area (Å²) in [4.78, 5) is 13.2. The summed E-state index contributed by atoms with van der Waals surface area (Å²) in [5.74, 6) is 0. The standard InChI is InChI=1S/C10H16N2O3S/c1-2-5-11(6-7-13)8-9-3-4-10(16-9)12(14)15/h3-4,13H,2,5-8H2,1H3. The SMILES string of the molecule is CCCN(CCO)Cc1ccc([N+](=O)[O-])s1. The van der Waals surface area contributed by atoms with Crippen molar-refractivity contribution in [1.82, 2.24) is 4.90 Å². The second-order valence-electron chi connectivity index (χ2n) is 3.50. The Hall–Kier alpha value is -0.980. The highest BCUT2D eigenvalue weighted by Crippen LogP contribution is 2.24. The van der Waals surface area contributed by atoms with Gasteiger partial charge in [0.1, 0.15) is 0 Å². The number of hydrogen-bond acceptors (Lipinski definition) is 5. The van der Waals surface area contributed by atoms with Gasteiger partial charge in [0.2, 0.25) is 0 Å². The van der Waals surface area contributed by atoms with E-state index in [1.807, 2.05) is 0 Å². The topological polar surface area (TPSA) is 66.6 Å². The number of hydrogen-bond donors (Lipinski definition) is 1. The van der Waals surface area contributed by atoms with Gasteiger partial charge in [-0.15, -0.1) is 0 Å². The van der Waals surface area contributed by atoms with Crippen LogP contribution in [0.2, 0.25) is 0 Å². The molecule has 1 aromatic rings. The molecule has 0 saturated carbocycles. The molecule has 0 fully saturated rings. The molecular formula is C10H16N2O3S. The maximum atomic E-state index is 10.5. The minimum atomic E-state index is -0.371. The number of rotatable bonds is 7. The van der Waals surface area contributed by atoms with Crippen LogP contribution in [-0.2, 0) is 6.54 Å². The smallest absolute Gasteiger partial charge is 0.324 e. The van der Waals surface area contributed by atoms with Gasteiger partial charge in [0.15, 0.2) is 0 Å². The van der Waals surface area contributed by atoms with E-state index in [1.165, 1.54) is 17.4 Å². The molecule has 0 atom stereocenters. The first-order valence-corrected chi connectivity index (χ1v) is 6.05. The van der Waals surface area contributed by atoms with Crippen molar-refractivity contribution in [2.45, 2.75) is 19.9 Å². The fraction of sp³-hybridized carbons (Fsp3) is 0.600. The monoisotopic (exact) mass is 244 g/mol. The molecule has 0 aromatic carbocycles. The van der Waals surface area contributed by atoms with Crippen LogP contribution in [0.1, 0.15) is 18.2 Å². The second kappa shape index (κ2) is 6.57. The fourth-order valence-electron chi connectivity index (χ4n) is 1.50. The summed E-state index contributed by atoms with van der Waals surface area (Å²) >= 11 is 1.20. The van der Waals surface area contributed by atoms with Crippen LogP contribution in [0.3, 0.4) is 0 Å². The molecule has 1 N–H and O–H groups in total. The molecule has 0 aliphatic rings. The second-order valence-corrected chi connectivity index (χ2v) is 4.64. The molecule has 0 aliphatic heterocycles. The Morgan fingerprint density at radius 2 is 2.25 bits per heavy atom. The molecule has 90 valence electrons. The van der Waals surface area contributed by atoms with E-state index >= 15 is 0 Å². The lowest BCUT2D eigenvalue weighted by molar-refractivity contribution is -0.380. The van der Waals surface area contributed by atoms with Crippen molar-refractivity contribution < 1.29 is 10.0 Å². The van der Waals surface area contributed by atoms with E-state index in [0.717, 1.165) is 17.8 Å². The fourth-order valence-corrected chi connectivity index (χ4v) is 2.36. The molecule has 0 amide bonds. The summed E-state index contributed by atoms with van der Waals surface area (Å²) in [6.07, 6.45) is 1.01. The van der Waals surface area contributed by atoms with Crippen LogP contribution in [0.4, 0.5) is 5.00 Å². The van der Waals surface area contributed by atoms with Crippen LogP contribution in [0.15, 0.2) is 12.1 Å². The first-order chi connectivity index (χ1) is 7.67. The van der Waals surface area contributed by atoms with E-state index in [9.17, 15) is 10.1 Å². The summed E-state index contributed by atoms with van der Waals surface area (Å²) in [5.41, 5.74) is 0. The van der Waals surface area contributed by atoms with Crippen molar-refractivity contribution in [2.75, 3.05) is 19.7 Å². The normalized spacial score (nSPS) is 10.9. The molecule has 0 saturated heterocycles. The minimum Gasteiger partial charge on any atom is -0.395 e. The van der Waals surface area contributed by atoms with Crippen LogP contribution in [0, 0.1) is 10.1 Å². The third-order valence-electron chi connectivity index (χ3n) is 2.16. The number of thiophene rings is 1. The molecular weight excluding hydrogens is 228 g/mol. The van der Waals surface area contributed by atoms with E-state index in [0.29, 0.717) is 13.1 Å². The van der Waals surface area contributed by atoms with Gasteiger partial charge in [-0.25, -0.2) is 0 Å². The lowest BCUT2D eigenvalue weighted by atomic mass is 10.3. The Kier molecular flexibility index (Phi) is 5.37. The predicted molar refractivity (Wildman–Crippen MR) is 63.6 cm³/mol. The maximum Gasteiger partial charge on any atom is 0.324 e. The Morgan fingerprint density at radius 1 is 1.50 bits per heavy atom. The van der Waals surface area contributed by atoms with Crippen molar-refractivity contribution >= 4 is 16.3 Å². The molecule has 0 aliphatic carbocycles. The van der Waals surface area contributed by atoms with Gasteiger partial charge in [0.05, 0.1) is 11.5 Å². The van der Waals surface area contributed by atoms with E-state index in [2.05, 4.69) is 11.8 Å². The van der Waals surface area contributed by atoms with Gasteiger partial charge < -0.3 is 5.11 Å². The zero-order chi connectivity index (χ0) is 12.0. The van der Waals surface area contributed by atoms with E-state index < -0.39 is 0 Å². The lowest BCUT2D eigenvalue weighted by Crippen LogP contribution is -2.26. The quantitative estimate of drug-likeness (QED) is 0.587. The molecule has 6 heteroatoms. The summed E-state index contributed by atoms with van der Waals surface area (Å²) in [5, 5.41) is 19.6. The van der Waals surface area contributed by atoms with Gasteiger partial charge in [-0.05, 0) is 19.0 Å². The highest BCUT2D eigenvalue weighted by Gasteiger charge is 2.12. The summed E-state index contributed by atoms with van der Waals surface area (Å²) < 4.78 is 0. The Morgan fingerprint density at radius 3 is 2.75 bits per heavy atom. The van der Waals surface area contributed by atoms with Gasteiger partial charge in [-0.3, -0.25) is 15.0 Å². The number of nitro groups is 1. The van der Waals surface area contributed by atoms with Crippen LogP contribution in [0.25, 0.3) is 0 Å². The van der Waals surface area contributed by atoms with Gasteiger partial charge in [0, 0.05) is 24.0 Å². The zero-order valence-corrected chi connectivity index (χ0v) is 10.1. The lowest BCUT2D eigenvalue weighted by Gasteiger charge is -2.19. The summed E-state index contributed by atoms with van der Waals surface area (Å²) in [6.45, 7) is 4.37. The molecule has 16 heavy (non-hydrogen) atoms. The molecule has 0 bridgehead atoms. The average Bonchev–Trinajstić information content (AvgIpc) is 2.67. The molecule has 0 spiro atoms. The average molecular weight is 244 g/mol. The third kappa shape index (κ3) is 3.88. The van der Waals surface area contributed by atoms with Crippen LogP contribution < -0.4 is 0 Å². The summed E-state index contributed by atoms with van der Waals surface area (Å²) in [7, 11) is 0. The highest BCUT2D eigenvalue weighted by atomic mass is 32.1. The molecule has 1 rings (SSSR count).